The molecule has 1 amide bonds. The number of aliphatic hydroxyl groups is 1. The molecule has 1 heterocycles. The van der Waals surface area contributed by atoms with E-state index in [0.29, 0.717) is 24.5 Å². The Morgan fingerprint density at radius 3 is 1.78 bits per heavy atom. The molecule has 4 heteroatoms. The second-order valence-corrected chi connectivity index (χ2v) is 7.89. The number of carbonyl (C=O) groups is 1. The third-order valence-corrected chi connectivity index (χ3v) is 6.14. The maximum atomic E-state index is 13.1. The number of rotatable bonds is 4. The average molecular weight is 322 g/mol. The summed E-state index contributed by atoms with van der Waals surface area (Å²) >= 11 is 0. The lowest BCUT2D eigenvalue weighted by atomic mass is 9.88. The lowest BCUT2D eigenvalue weighted by Gasteiger charge is -2.43. The zero-order chi connectivity index (χ0) is 16.1. The topological polar surface area (TPSA) is 43.8 Å². The maximum Gasteiger partial charge on any atom is 0.237 e. The van der Waals surface area contributed by atoms with Crippen LogP contribution < -0.4 is 0 Å². The van der Waals surface area contributed by atoms with Crippen molar-refractivity contribution in [3.8, 4) is 0 Å². The molecule has 0 spiro atoms. The quantitative estimate of drug-likeness (QED) is 0.865. The summed E-state index contributed by atoms with van der Waals surface area (Å²) in [6, 6.07) is 0.990. The molecule has 3 fully saturated rings. The van der Waals surface area contributed by atoms with Crippen molar-refractivity contribution in [1.29, 1.82) is 0 Å². The third-order valence-electron chi connectivity index (χ3n) is 6.14. The number of hydrogen-bond acceptors (Lipinski definition) is 3. The molecule has 2 saturated carbocycles. The Hall–Kier alpha value is -0.610. The van der Waals surface area contributed by atoms with E-state index in [1.807, 2.05) is 0 Å². The molecule has 4 nitrogen and oxygen atoms in total. The Labute approximate surface area is 141 Å². The highest BCUT2D eigenvalue weighted by Gasteiger charge is 2.33. The minimum absolute atomic E-state index is 0.158. The van der Waals surface area contributed by atoms with Crippen LogP contribution >= 0.6 is 0 Å². The van der Waals surface area contributed by atoms with Crippen LogP contribution in [-0.2, 0) is 4.79 Å². The minimum atomic E-state index is -0.158. The zero-order valence-electron chi connectivity index (χ0n) is 14.6. The summed E-state index contributed by atoms with van der Waals surface area (Å²) in [6.45, 7) is 2.31. The van der Waals surface area contributed by atoms with Crippen LogP contribution in [0, 0.1) is 0 Å². The van der Waals surface area contributed by atoms with E-state index in [4.69, 9.17) is 0 Å². The minimum Gasteiger partial charge on any atom is -0.393 e. The lowest BCUT2D eigenvalue weighted by molar-refractivity contribution is -0.139. The van der Waals surface area contributed by atoms with Gasteiger partial charge in [-0.25, -0.2) is 0 Å². The van der Waals surface area contributed by atoms with Gasteiger partial charge in [0.1, 0.15) is 0 Å². The fraction of sp³-hybridized carbons (Fsp3) is 0.947. The molecule has 3 rings (SSSR count). The normalized spacial score (nSPS) is 26.3. The van der Waals surface area contributed by atoms with Gasteiger partial charge in [0.25, 0.3) is 0 Å². The van der Waals surface area contributed by atoms with E-state index >= 15 is 0 Å². The second-order valence-electron chi connectivity index (χ2n) is 7.89. The third kappa shape index (κ3) is 4.69. The number of nitrogens with zero attached hydrogens (tertiary/aromatic N) is 2. The molecule has 0 bridgehead atoms. The number of hydrogen-bond donors (Lipinski definition) is 1. The Kier molecular flexibility index (Phi) is 6.35. The van der Waals surface area contributed by atoms with Crippen molar-refractivity contribution in [3.05, 3.63) is 0 Å². The van der Waals surface area contributed by atoms with Crippen molar-refractivity contribution < 1.29 is 9.90 Å². The van der Waals surface area contributed by atoms with E-state index in [0.717, 1.165) is 25.9 Å². The monoisotopic (exact) mass is 322 g/mol. The van der Waals surface area contributed by atoms with Crippen molar-refractivity contribution in [1.82, 2.24) is 9.80 Å². The van der Waals surface area contributed by atoms with E-state index in [-0.39, 0.29) is 6.10 Å². The molecule has 0 radical (unpaired) electrons. The molecule has 23 heavy (non-hydrogen) atoms. The first-order valence-electron chi connectivity index (χ1n) is 9.95. The number of carbonyl (C=O) groups excluding carboxylic acids is 1. The molecule has 132 valence electrons. The number of aliphatic hydroxyl groups excluding tert-OH is 1. The van der Waals surface area contributed by atoms with Crippen molar-refractivity contribution in [2.24, 2.45) is 0 Å². The Balaban J connectivity index is 1.62. The Bertz CT molecular complexity index is 350. The van der Waals surface area contributed by atoms with Gasteiger partial charge in [0, 0.05) is 25.2 Å². The highest BCUT2D eigenvalue weighted by molar-refractivity contribution is 5.79. The molecule has 1 saturated heterocycles. The predicted octanol–water partition coefficient (Wildman–Crippen LogP) is 2.94. The summed E-state index contributed by atoms with van der Waals surface area (Å²) in [5.74, 6) is 0.361. The van der Waals surface area contributed by atoms with Crippen LogP contribution in [0.1, 0.15) is 77.0 Å². The van der Waals surface area contributed by atoms with Crippen LogP contribution in [0.15, 0.2) is 0 Å². The van der Waals surface area contributed by atoms with Crippen LogP contribution in [0.2, 0.25) is 0 Å². The molecule has 2 aliphatic carbocycles. The number of amides is 1. The maximum absolute atomic E-state index is 13.1. The average Bonchev–Trinajstić information content (AvgIpc) is 2.59. The fourth-order valence-corrected chi connectivity index (χ4v) is 4.77. The molecule has 0 aromatic rings. The van der Waals surface area contributed by atoms with Gasteiger partial charge < -0.3 is 10.0 Å². The number of likely N-dealkylation sites (tertiary alicyclic amines) is 1. The first kappa shape index (κ1) is 17.2. The number of piperidine rings is 1. The molecule has 0 atom stereocenters. The van der Waals surface area contributed by atoms with Crippen LogP contribution in [0.25, 0.3) is 0 Å². The lowest BCUT2D eigenvalue weighted by Crippen LogP contribution is -2.53. The van der Waals surface area contributed by atoms with E-state index in [1.54, 1.807) is 0 Å². The van der Waals surface area contributed by atoms with Crippen molar-refractivity contribution >= 4 is 5.91 Å². The summed E-state index contributed by atoms with van der Waals surface area (Å²) in [5.41, 5.74) is 0. The van der Waals surface area contributed by atoms with Crippen LogP contribution in [0.5, 0.6) is 0 Å². The van der Waals surface area contributed by atoms with E-state index < -0.39 is 0 Å². The highest BCUT2D eigenvalue weighted by Crippen LogP contribution is 2.30. The molecule has 0 aromatic carbocycles. The van der Waals surface area contributed by atoms with Gasteiger partial charge in [-0.05, 0) is 38.5 Å². The van der Waals surface area contributed by atoms with Gasteiger partial charge in [0.15, 0.2) is 0 Å². The first-order chi connectivity index (χ1) is 11.2. The van der Waals surface area contributed by atoms with Gasteiger partial charge in [-0.15, -0.1) is 0 Å². The Morgan fingerprint density at radius 2 is 1.30 bits per heavy atom. The van der Waals surface area contributed by atoms with E-state index in [1.165, 1.54) is 64.2 Å². The van der Waals surface area contributed by atoms with Gasteiger partial charge in [-0.1, -0.05) is 38.5 Å². The fourth-order valence-electron chi connectivity index (χ4n) is 4.77. The van der Waals surface area contributed by atoms with Gasteiger partial charge >= 0.3 is 0 Å². The predicted molar refractivity (Wildman–Crippen MR) is 92.3 cm³/mol. The van der Waals surface area contributed by atoms with Crippen molar-refractivity contribution in [3.63, 3.8) is 0 Å². The second kappa shape index (κ2) is 8.48. The summed E-state index contributed by atoms with van der Waals surface area (Å²) in [7, 11) is 0. The molecule has 3 aliphatic rings. The molecule has 0 unspecified atom stereocenters. The smallest absolute Gasteiger partial charge is 0.237 e. The zero-order valence-corrected chi connectivity index (χ0v) is 14.6. The van der Waals surface area contributed by atoms with Gasteiger partial charge in [0.05, 0.1) is 12.6 Å². The highest BCUT2D eigenvalue weighted by atomic mass is 16.3. The molecular formula is C19H34N2O2. The van der Waals surface area contributed by atoms with Gasteiger partial charge in [-0.3, -0.25) is 9.69 Å². The molecule has 0 aromatic heterocycles. The van der Waals surface area contributed by atoms with Crippen molar-refractivity contribution in [2.45, 2.75) is 95.2 Å². The van der Waals surface area contributed by atoms with Crippen LogP contribution in [-0.4, -0.2) is 58.6 Å². The SMILES string of the molecule is O=C(CN1CCC(O)CC1)N(C1CCCCC1)C1CCCCC1. The summed E-state index contributed by atoms with van der Waals surface area (Å²) in [4.78, 5) is 17.7. The summed E-state index contributed by atoms with van der Waals surface area (Å²) < 4.78 is 0. The van der Waals surface area contributed by atoms with Gasteiger partial charge in [-0.2, -0.15) is 0 Å². The standard InChI is InChI=1S/C19H34N2O2/c22-18-11-13-20(14-12-18)15-19(23)21(16-7-3-1-4-8-16)17-9-5-2-6-10-17/h16-18,22H,1-15H2. The van der Waals surface area contributed by atoms with E-state index in [9.17, 15) is 9.90 Å². The summed E-state index contributed by atoms with van der Waals surface area (Å²) in [5, 5.41) is 9.66. The largest absolute Gasteiger partial charge is 0.393 e. The Morgan fingerprint density at radius 1 is 0.826 bits per heavy atom. The van der Waals surface area contributed by atoms with Crippen molar-refractivity contribution in [2.75, 3.05) is 19.6 Å². The van der Waals surface area contributed by atoms with Gasteiger partial charge in [0.2, 0.25) is 5.91 Å². The summed E-state index contributed by atoms with van der Waals surface area (Å²) in [6.07, 6.45) is 14.2. The molecule has 1 aliphatic heterocycles. The van der Waals surface area contributed by atoms with Crippen LogP contribution in [0.4, 0.5) is 0 Å². The van der Waals surface area contributed by atoms with E-state index in [2.05, 4.69) is 9.80 Å². The van der Waals surface area contributed by atoms with Crippen LogP contribution in [0.3, 0.4) is 0 Å². The first-order valence-corrected chi connectivity index (χ1v) is 9.95. The molecule has 1 N–H and O–H groups in total. The molecular weight excluding hydrogens is 288 g/mol.